The number of rotatable bonds is 2. The van der Waals surface area contributed by atoms with E-state index in [0.717, 1.165) is 30.3 Å². The first-order chi connectivity index (χ1) is 7.85. The van der Waals surface area contributed by atoms with Crippen LogP contribution in [0.25, 0.3) is 0 Å². The van der Waals surface area contributed by atoms with Crippen molar-refractivity contribution in [1.82, 2.24) is 0 Å². The van der Waals surface area contributed by atoms with Crippen molar-refractivity contribution in [3.05, 3.63) is 29.8 Å². The van der Waals surface area contributed by atoms with Crippen LogP contribution in [-0.4, -0.2) is 13.1 Å². The maximum Gasteiger partial charge on any atom is 0.101 e. The van der Waals surface area contributed by atoms with Crippen LogP contribution >= 0.6 is 0 Å². The Morgan fingerprint density at radius 1 is 1.31 bits per heavy atom. The van der Waals surface area contributed by atoms with Gasteiger partial charge in [0.15, 0.2) is 0 Å². The lowest BCUT2D eigenvalue weighted by Crippen LogP contribution is -2.33. The molecular weight excluding hydrogens is 196 g/mol. The average Bonchev–Trinajstić information content (AvgIpc) is 2.39. The first-order valence-corrected chi connectivity index (χ1v) is 6.09. The summed E-state index contributed by atoms with van der Waals surface area (Å²) in [6.07, 6.45) is 3.81. The van der Waals surface area contributed by atoms with Crippen molar-refractivity contribution in [1.29, 1.82) is 5.26 Å². The lowest BCUT2D eigenvalue weighted by atomic mass is 9.94. The predicted molar refractivity (Wildman–Crippen MR) is 66.4 cm³/mol. The molecule has 1 fully saturated rings. The smallest absolute Gasteiger partial charge is 0.101 e. The maximum absolute atomic E-state index is 9.07. The van der Waals surface area contributed by atoms with Crippen LogP contribution in [0.4, 0.5) is 5.69 Å². The van der Waals surface area contributed by atoms with E-state index in [9.17, 15) is 0 Å². The molecule has 0 radical (unpaired) electrons. The number of benzene rings is 1. The van der Waals surface area contributed by atoms with Gasteiger partial charge < -0.3 is 4.90 Å². The van der Waals surface area contributed by atoms with Crippen molar-refractivity contribution in [2.24, 2.45) is 5.92 Å². The molecule has 0 aromatic heterocycles. The molecular formula is C14H18N2. The Hall–Kier alpha value is -1.49. The molecule has 1 heterocycles. The Morgan fingerprint density at radius 3 is 2.62 bits per heavy atom. The second-order valence-electron chi connectivity index (χ2n) is 4.47. The summed E-state index contributed by atoms with van der Waals surface area (Å²) in [7, 11) is 0. The van der Waals surface area contributed by atoms with E-state index in [1.165, 1.54) is 19.3 Å². The summed E-state index contributed by atoms with van der Waals surface area (Å²) in [6.45, 7) is 4.46. The van der Waals surface area contributed by atoms with Gasteiger partial charge in [-0.15, -0.1) is 0 Å². The van der Waals surface area contributed by atoms with Crippen molar-refractivity contribution in [2.75, 3.05) is 18.0 Å². The fourth-order valence-corrected chi connectivity index (χ4v) is 2.43. The average molecular weight is 214 g/mol. The maximum atomic E-state index is 9.07. The van der Waals surface area contributed by atoms with Gasteiger partial charge in [-0.05, 0) is 30.9 Å². The van der Waals surface area contributed by atoms with Crippen molar-refractivity contribution in [2.45, 2.75) is 26.2 Å². The lowest BCUT2D eigenvalue weighted by molar-refractivity contribution is 0.395. The van der Waals surface area contributed by atoms with Crippen LogP contribution < -0.4 is 4.90 Å². The Bertz CT molecular complexity index is 384. The number of piperidine rings is 1. The van der Waals surface area contributed by atoms with Crippen molar-refractivity contribution < 1.29 is 0 Å². The van der Waals surface area contributed by atoms with Crippen LogP contribution in [0.5, 0.6) is 0 Å². The minimum Gasteiger partial charge on any atom is -0.370 e. The highest BCUT2D eigenvalue weighted by Crippen LogP contribution is 2.26. The van der Waals surface area contributed by atoms with E-state index >= 15 is 0 Å². The third-order valence-corrected chi connectivity index (χ3v) is 3.56. The van der Waals surface area contributed by atoms with E-state index in [1.807, 2.05) is 18.2 Å². The van der Waals surface area contributed by atoms with Gasteiger partial charge in [0.25, 0.3) is 0 Å². The van der Waals surface area contributed by atoms with Crippen LogP contribution in [0.15, 0.2) is 24.3 Å². The first-order valence-electron chi connectivity index (χ1n) is 6.09. The SMILES string of the molecule is CCC1CCN(c2ccccc2C#N)CC1. The molecule has 84 valence electrons. The zero-order valence-electron chi connectivity index (χ0n) is 9.82. The van der Waals surface area contributed by atoms with Crippen molar-refractivity contribution >= 4 is 5.69 Å². The lowest BCUT2D eigenvalue weighted by Gasteiger charge is -2.33. The molecule has 1 aliphatic rings. The largest absolute Gasteiger partial charge is 0.370 e. The number of nitriles is 1. The van der Waals surface area contributed by atoms with Gasteiger partial charge in [-0.1, -0.05) is 25.5 Å². The van der Waals surface area contributed by atoms with Crippen molar-refractivity contribution in [3.8, 4) is 6.07 Å². The fraction of sp³-hybridized carbons (Fsp3) is 0.500. The Labute approximate surface area is 97.5 Å². The highest BCUT2D eigenvalue weighted by molar-refractivity contribution is 5.59. The topological polar surface area (TPSA) is 27.0 Å². The number of hydrogen-bond acceptors (Lipinski definition) is 2. The Balaban J connectivity index is 2.11. The minimum absolute atomic E-state index is 0.803. The van der Waals surface area contributed by atoms with Crippen LogP contribution in [-0.2, 0) is 0 Å². The molecule has 0 saturated carbocycles. The van der Waals surface area contributed by atoms with Gasteiger partial charge in [0.05, 0.1) is 11.3 Å². The third kappa shape index (κ3) is 2.19. The van der Waals surface area contributed by atoms with E-state index in [4.69, 9.17) is 5.26 Å². The van der Waals surface area contributed by atoms with Gasteiger partial charge in [0, 0.05) is 13.1 Å². The molecule has 0 amide bonds. The molecule has 0 atom stereocenters. The molecule has 0 aliphatic carbocycles. The molecule has 0 unspecified atom stereocenters. The summed E-state index contributed by atoms with van der Waals surface area (Å²) in [5.74, 6) is 0.880. The van der Waals surface area contributed by atoms with Crippen LogP contribution in [0, 0.1) is 17.2 Å². The van der Waals surface area contributed by atoms with Gasteiger partial charge >= 0.3 is 0 Å². The number of nitrogens with zero attached hydrogens (tertiary/aromatic N) is 2. The van der Waals surface area contributed by atoms with Gasteiger partial charge in [-0.25, -0.2) is 0 Å². The van der Waals surface area contributed by atoms with Crippen molar-refractivity contribution in [3.63, 3.8) is 0 Å². The summed E-state index contributed by atoms with van der Waals surface area (Å²) >= 11 is 0. The van der Waals surface area contributed by atoms with E-state index in [-0.39, 0.29) is 0 Å². The molecule has 16 heavy (non-hydrogen) atoms. The standard InChI is InChI=1S/C14H18N2/c1-2-12-7-9-16(10-8-12)14-6-4-3-5-13(14)11-15/h3-6,12H,2,7-10H2,1H3. The zero-order valence-corrected chi connectivity index (χ0v) is 9.82. The van der Waals surface area contributed by atoms with E-state index in [1.54, 1.807) is 0 Å². The summed E-state index contributed by atoms with van der Waals surface area (Å²) in [5.41, 5.74) is 1.91. The molecule has 0 spiro atoms. The van der Waals surface area contributed by atoms with Crippen LogP contribution in [0.2, 0.25) is 0 Å². The molecule has 1 aromatic carbocycles. The van der Waals surface area contributed by atoms with Crippen LogP contribution in [0.3, 0.4) is 0 Å². The van der Waals surface area contributed by atoms with Gasteiger partial charge in [0.2, 0.25) is 0 Å². The minimum atomic E-state index is 0.803. The summed E-state index contributed by atoms with van der Waals surface area (Å²) in [5, 5.41) is 9.07. The molecule has 1 saturated heterocycles. The van der Waals surface area contributed by atoms with E-state index in [0.29, 0.717) is 0 Å². The second-order valence-corrected chi connectivity index (χ2v) is 4.47. The monoisotopic (exact) mass is 214 g/mol. The summed E-state index contributed by atoms with van der Waals surface area (Å²) < 4.78 is 0. The molecule has 0 bridgehead atoms. The second kappa shape index (κ2) is 5.03. The molecule has 2 nitrogen and oxygen atoms in total. The molecule has 1 aromatic rings. The predicted octanol–water partition coefficient (Wildman–Crippen LogP) is 3.18. The third-order valence-electron chi connectivity index (χ3n) is 3.56. The number of para-hydroxylation sites is 1. The highest BCUT2D eigenvalue weighted by Gasteiger charge is 2.19. The van der Waals surface area contributed by atoms with E-state index < -0.39 is 0 Å². The highest BCUT2D eigenvalue weighted by atomic mass is 15.1. The molecule has 1 aliphatic heterocycles. The summed E-state index contributed by atoms with van der Waals surface area (Å²) in [4.78, 5) is 2.35. The number of anilines is 1. The fourth-order valence-electron chi connectivity index (χ4n) is 2.43. The van der Waals surface area contributed by atoms with Gasteiger partial charge in [-0.3, -0.25) is 0 Å². The zero-order chi connectivity index (χ0) is 11.4. The van der Waals surface area contributed by atoms with Crippen LogP contribution in [0.1, 0.15) is 31.7 Å². The Morgan fingerprint density at radius 2 is 2.00 bits per heavy atom. The summed E-state index contributed by atoms with van der Waals surface area (Å²) in [6, 6.07) is 10.2. The molecule has 2 rings (SSSR count). The van der Waals surface area contributed by atoms with Gasteiger partial charge in [-0.2, -0.15) is 5.26 Å². The molecule has 0 N–H and O–H groups in total. The van der Waals surface area contributed by atoms with E-state index in [2.05, 4.69) is 24.0 Å². The number of hydrogen-bond donors (Lipinski definition) is 0. The van der Waals surface area contributed by atoms with Gasteiger partial charge in [0.1, 0.15) is 6.07 Å². The first kappa shape index (κ1) is 11.0. The normalized spacial score (nSPS) is 17.1. The Kier molecular flexibility index (Phi) is 3.46. The quantitative estimate of drug-likeness (QED) is 0.756. The molecule has 2 heteroatoms.